The number of hydrogen-bond acceptors (Lipinski definition) is 5. The fourth-order valence-electron chi connectivity index (χ4n) is 3.25. The van der Waals surface area contributed by atoms with Crippen LogP contribution in [-0.2, 0) is 11.0 Å². The van der Waals surface area contributed by atoms with E-state index in [-0.39, 0.29) is 11.4 Å². The van der Waals surface area contributed by atoms with Gasteiger partial charge in [0.2, 0.25) is 5.91 Å². The van der Waals surface area contributed by atoms with Gasteiger partial charge in [0.1, 0.15) is 5.75 Å². The highest BCUT2D eigenvalue weighted by Crippen LogP contribution is 2.36. The molecule has 180 valence electrons. The molecule has 0 fully saturated rings. The van der Waals surface area contributed by atoms with Crippen molar-refractivity contribution in [2.45, 2.75) is 11.3 Å². The van der Waals surface area contributed by atoms with Gasteiger partial charge in [0.05, 0.1) is 23.4 Å². The van der Waals surface area contributed by atoms with Crippen molar-refractivity contribution in [2.75, 3.05) is 18.2 Å². The van der Waals surface area contributed by atoms with Crippen molar-refractivity contribution in [1.29, 1.82) is 0 Å². The van der Waals surface area contributed by atoms with E-state index < -0.39 is 22.7 Å². The Bertz CT molecular complexity index is 1330. The van der Waals surface area contributed by atoms with Crippen LogP contribution in [0.5, 0.6) is 5.75 Å². The average molecular weight is 519 g/mol. The van der Waals surface area contributed by atoms with Gasteiger partial charge in [-0.1, -0.05) is 41.6 Å². The molecular formula is C24H18ClF3N4O2S. The quantitative estimate of drug-likeness (QED) is 0.289. The van der Waals surface area contributed by atoms with Crippen molar-refractivity contribution < 1.29 is 22.7 Å². The fraction of sp³-hybridized carbons (Fsp3) is 0.125. The summed E-state index contributed by atoms with van der Waals surface area (Å²) in [5, 5.41) is 11.0. The molecule has 0 unspecified atom stereocenters. The van der Waals surface area contributed by atoms with Crippen molar-refractivity contribution in [2.24, 2.45) is 0 Å². The molecule has 4 rings (SSSR count). The molecule has 4 aromatic rings. The molecular weight excluding hydrogens is 501 g/mol. The van der Waals surface area contributed by atoms with E-state index in [0.717, 1.165) is 35.1 Å². The molecule has 0 aliphatic carbocycles. The molecule has 0 saturated carbocycles. The Labute approximate surface area is 208 Å². The van der Waals surface area contributed by atoms with E-state index in [1.807, 2.05) is 47.0 Å². The van der Waals surface area contributed by atoms with Crippen LogP contribution in [0.1, 0.15) is 5.56 Å². The van der Waals surface area contributed by atoms with Crippen LogP contribution < -0.4 is 10.1 Å². The van der Waals surface area contributed by atoms with Crippen LogP contribution in [0.2, 0.25) is 5.02 Å². The molecule has 6 nitrogen and oxygen atoms in total. The molecule has 1 heterocycles. The number of ether oxygens (including phenoxy) is 1. The smallest absolute Gasteiger partial charge is 0.417 e. The second-order valence-corrected chi connectivity index (χ2v) is 8.58. The molecule has 1 aromatic heterocycles. The summed E-state index contributed by atoms with van der Waals surface area (Å²) in [5.74, 6) is 0.660. The normalized spacial score (nSPS) is 11.3. The van der Waals surface area contributed by atoms with Crippen molar-refractivity contribution in [1.82, 2.24) is 14.8 Å². The Morgan fingerprint density at radius 3 is 2.43 bits per heavy atom. The number of carbonyl (C=O) groups is 1. The molecule has 0 spiro atoms. The third-order valence-electron chi connectivity index (χ3n) is 4.88. The Hall–Kier alpha value is -3.50. The number of carbonyl (C=O) groups excluding carboxylic acids is 1. The van der Waals surface area contributed by atoms with E-state index in [0.29, 0.717) is 16.7 Å². The number of rotatable bonds is 7. The Morgan fingerprint density at radius 1 is 1.06 bits per heavy atom. The largest absolute Gasteiger partial charge is 0.497 e. The minimum atomic E-state index is -4.63. The summed E-state index contributed by atoms with van der Waals surface area (Å²) < 4.78 is 46.3. The zero-order valence-electron chi connectivity index (χ0n) is 18.2. The molecule has 3 aromatic carbocycles. The number of nitrogens with one attached hydrogen (secondary N) is 1. The lowest BCUT2D eigenvalue weighted by Crippen LogP contribution is -2.15. The SMILES string of the molecule is COc1ccc(-c2nnc(SCC(=O)Nc3ccc(Cl)c(C(F)(F)F)c3)n2-c2ccccc2)cc1. The van der Waals surface area contributed by atoms with Crippen molar-refractivity contribution in [3.8, 4) is 22.8 Å². The van der Waals surface area contributed by atoms with Gasteiger partial charge in [-0.05, 0) is 54.6 Å². The van der Waals surface area contributed by atoms with Gasteiger partial charge in [-0.2, -0.15) is 13.2 Å². The topological polar surface area (TPSA) is 69.0 Å². The lowest BCUT2D eigenvalue weighted by molar-refractivity contribution is -0.137. The highest BCUT2D eigenvalue weighted by atomic mass is 35.5. The van der Waals surface area contributed by atoms with Gasteiger partial charge in [0.25, 0.3) is 0 Å². The molecule has 0 bridgehead atoms. The summed E-state index contributed by atoms with van der Waals surface area (Å²) >= 11 is 6.75. The van der Waals surface area contributed by atoms with Crippen LogP contribution in [0.15, 0.2) is 78.0 Å². The van der Waals surface area contributed by atoms with E-state index >= 15 is 0 Å². The number of methoxy groups -OCH3 is 1. The predicted molar refractivity (Wildman–Crippen MR) is 129 cm³/mol. The molecule has 0 aliphatic rings. The maximum Gasteiger partial charge on any atom is 0.417 e. The number of nitrogens with zero attached hydrogens (tertiary/aromatic N) is 3. The molecule has 0 saturated heterocycles. The standard InChI is InChI=1S/C24H18ClF3N4O2S/c1-34-18-10-7-15(8-11-18)22-30-31-23(32(22)17-5-3-2-4-6-17)35-14-21(33)29-16-9-12-20(25)19(13-16)24(26,27)28/h2-13H,14H2,1H3,(H,29,33). The third kappa shape index (κ3) is 5.77. The number of halogens is 4. The molecule has 0 aliphatic heterocycles. The fourth-order valence-corrected chi connectivity index (χ4v) is 4.22. The van der Waals surface area contributed by atoms with Gasteiger partial charge in [0, 0.05) is 16.9 Å². The summed E-state index contributed by atoms with van der Waals surface area (Å²) in [6, 6.07) is 19.9. The zero-order valence-corrected chi connectivity index (χ0v) is 19.8. The highest BCUT2D eigenvalue weighted by molar-refractivity contribution is 7.99. The lowest BCUT2D eigenvalue weighted by atomic mass is 10.2. The maximum atomic E-state index is 13.1. The van der Waals surface area contributed by atoms with E-state index in [1.165, 1.54) is 6.07 Å². The van der Waals surface area contributed by atoms with Gasteiger partial charge >= 0.3 is 6.18 Å². The monoisotopic (exact) mass is 518 g/mol. The van der Waals surface area contributed by atoms with Gasteiger partial charge < -0.3 is 10.1 Å². The molecule has 0 radical (unpaired) electrons. The Morgan fingerprint density at radius 2 is 1.77 bits per heavy atom. The molecule has 1 amide bonds. The number of anilines is 1. The second-order valence-electron chi connectivity index (χ2n) is 7.23. The van der Waals surface area contributed by atoms with Gasteiger partial charge in [-0.15, -0.1) is 10.2 Å². The van der Waals surface area contributed by atoms with Crippen molar-refractivity contribution in [3.63, 3.8) is 0 Å². The molecule has 35 heavy (non-hydrogen) atoms. The van der Waals surface area contributed by atoms with Crippen LogP contribution >= 0.6 is 23.4 Å². The third-order valence-corrected chi connectivity index (χ3v) is 6.14. The first-order chi connectivity index (χ1) is 16.8. The van der Waals surface area contributed by atoms with Crippen LogP contribution in [0.4, 0.5) is 18.9 Å². The summed E-state index contributed by atoms with van der Waals surface area (Å²) in [5.41, 5.74) is 0.561. The van der Waals surface area contributed by atoms with E-state index in [1.54, 1.807) is 19.2 Å². The van der Waals surface area contributed by atoms with E-state index in [9.17, 15) is 18.0 Å². The zero-order chi connectivity index (χ0) is 25.0. The summed E-state index contributed by atoms with van der Waals surface area (Å²) in [6.07, 6.45) is -4.63. The van der Waals surface area contributed by atoms with Crippen LogP contribution in [0.3, 0.4) is 0 Å². The Balaban J connectivity index is 1.56. The first-order valence-electron chi connectivity index (χ1n) is 10.2. The lowest BCUT2D eigenvalue weighted by Gasteiger charge is -2.12. The molecule has 0 atom stereocenters. The van der Waals surface area contributed by atoms with E-state index in [4.69, 9.17) is 16.3 Å². The number of amides is 1. The van der Waals surface area contributed by atoms with Crippen LogP contribution in [-0.4, -0.2) is 33.5 Å². The second kappa shape index (κ2) is 10.4. The molecule has 1 N–H and O–H groups in total. The number of benzene rings is 3. The van der Waals surface area contributed by atoms with Crippen LogP contribution in [0, 0.1) is 0 Å². The summed E-state index contributed by atoms with van der Waals surface area (Å²) in [6.45, 7) is 0. The first kappa shape index (κ1) is 24.6. The Kier molecular flexibility index (Phi) is 7.32. The number of thioether (sulfide) groups is 1. The number of para-hydroxylation sites is 1. The summed E-state index contributed by atoms with van der Waals surface area (Å²) in [7, 11) is 1.58. The van der Waals surface area contributed by atoms with Gasteiger partial charge in [-0.3, -0.25) is 9.36 Å². The van der Waals surface area contributed by atoms with Gasteiger partial charge in [-0.25, -0.2) is 0 Å². The number of aromatic nitrogens is 3. The minimum Gasteiger partial charge on any atom is -0.497 e. The number of hydrogen-bond donors (Lipinski definition) is 1. The maximum absolute atomic E-state index is 13.1. The van der Waals surface area contributed by atoms with Gasteiger partial charge in [0.15, 0.2) is 11.0 Å². The molecule has 11 heteroatoms. The number of alkyl halides is 3. The minimum absolute atomic E-state index is 0.00391. The first-order valence-corrected chi connectivity index (χ1v) is 11.6. The van der Waals surface area contributed by atoms with E-state index in [2.05, 4.69) is 15.5 Å². The van der Waals surface area contributed by atoms with Crippen LogP contribution in [0.25, 0.3) is 17.1 Å². The summed E-state index contributed by atoms with van der Waals surface area (Å²) in [4.78, 5) is 12.5. The highest BCUT2D eigenvalue weighted by Gasteiger charge is 2.33. The predicted octanol–water partition coefficient (Wildman–Crippen LogP) is 6.35. The van der Waals surface area contributed by atoms with Crippen molar-refractivity contribution in [3.05, 3.63) is 83.4 Å². The van der Waals surface area contributed by atoms with Crippen molar-refractivity contribution >= 4 is 35.0 Å². The average Bonchev–Trinajstić information content (AvgIpc) is 3.28.